The van der Waals surface area contributed by atoms with E-state index < -0.39 is 0 Å². The third kappa shape index (κ3) is 5.24. The fraction of sp³-hybridized carbons (Fsp3) is 0.538. The topological polar surface area (TPSA) is 15.3 Å². The molecule has 0 aliphatic carbocycles. The quantitative estimate of drug-likeness (QED) is 0.736. The maximum Gasteiger partial charge on any atom is 0.126 e. The lowest BCUT2D eigenvalue weighted by Gasteiger charge is -2.16. The fourth-order valence-electron chi connectivity index (χ4n) is 1.68. The van der Waals surface area contributed by atoms with Gasteiger partial charge in [0.1, 0.15) is 11.6 Å². The van der Waals surface area contributed by atoms with Gasteiger partial charge in [-0.15, -0.1) is 0 Å². The summed E-state index contributed by atoms with van der Waals surface area (Å²) in [6.07, 6.45) is 1.60. The van der Waals surface area contributed by atoms with E-state index in [2.05, 4.69) is 10.2 Å². The maximum absolute atomic E-state index is 13.3. The Kier molecular flexibility index (Phi) is 6.08. The number of halogens is 2. The van der Waals surface area contributed by atoms with Crippen LogP contribution in [0.3, 0.4) is 0 Å². The molecule has 0 saturated carbocycles. The molecule has 1 aromatic rings. The van der Waals surface area contributed by atoms with Crippen molar-refractivity contribution in [3.63, 3.8) is 0 Å². The van der Waals surface area contributed by atoms with E-state index in [0.717, 1.165) is 32.1 Å². The molecule has 0 amide bonds. The first-order valence-corrected chi connectivity index (χ1v) is 5.90. The minimum absolute atomic E-state index is 0.324. The van der Waals surface area contributed by atoms with Gasteiger partial charge in [0.2, 0.25) is 0 Å². The lowest BCUT2D eigenvalue weighted by atomic mass is 10.1. The summed E-state index contributed by atoms with van der Waals surface area (Å²) in [6.45, 7) is 2.67. The molecule has 0 aliphatic heterocycles. The van der Waals surface area contributed by atoms with Crippen molar-refractivity contribution in [3.05, 3.63) is 35.4 Å². The van der Waals surface area contributed by atoms with Crippen LogP contribution in [0, 0.1) is 11.6 Å². The molecule has 0 unspecified atom stereocenters. The van der Waals surface area contributed by atoms with Crippen LogP contribution in [0.5, 0.6) is 0 Å². The van der Waals surface area contributed by atoms with Gasteiger partial charge in [0.05, 0.1) is 0 Å². The van der Waals surface area contributed by atoms with E-state index in [-0.39, 0.29) is 11.6 Å². The summed E-state index contributed by atoms with van der Waals surface area (Å²) >= 11 is 0. The Morgan fingerprint density at radius 1 is 1.24 bits per heavy atom. The Morgan fingerprint density at radius 3 is 2.71 bits per heavy atom. The van der Waals surface area contributed by atoms with Crippen LogP contribution in [0.2, 0.25) is 0 Å². The molecule has 17 heavy (non-hydrogen) atoms. The third-order valence-corrected chi connectivity index (χ3v) is 2.74. The Bertz CT molecular complexity index is 342. The van der Waals surface area contributed by atoms with Crippen LogP contribution in [0.25, 0.3) is 0 Å². The lowest BCUT2D eigenvalue weighted by Crippen LogP contribution is -2.25. The van der Waals surface area contributed by atoms with Crippen LogP contribution in [0.1, 0.15) is 12.0 Å². The molecule has 0 atom stereocenters. The number of nitrogens with one attached hydrogen (secondary N) is 1. The van der Waals surface area contributed by atoms with Crippen LogP contribution in [0.15, 0.2) is 18.2 Å². The molecular formula is C13H20F2N2. The molecule has 0 fully saturated rings. The van der Waals surface area contributed by atoms with Gasteiger partial charge in [-0.1, -0.05) is 0 Å². The van der Waals surface area contributed by atoms with Crippen molar-refractivity contribution in [1.29, 1.82) is 0 Å². The molecule has 0 radical (unpaired) electrons. The van der Waals surface area contributed by atoms with Gasteiger partial charge in [-0.25, -0.2) is 8.78 Å². The van der Waals surface area contributed by atoms with Crippen molar-refractivity contribution in [2.45, 2.75) is 12.8 Å². The summed E-state index contributed by atoms with van der Waals surface area (Å²) in [5.74, 6) is -0.700. The molecule has 0 bridgehead atoms. The number of benzene rings is 1. The summed E-state index contributed by atoms with van der Waals surface area (Å²) in [7, 11) is 3.91. The minimum Gasteiger partial charge on any atom is -0.320 e. The molecule has 0 saturated heterocycles. The average molecular weight is 242 g/mol. The van der Waals surface area contributed by atoms with Crippen LogP contribution in [-0.4, -0.2) is 38.6 Å². The summed E-state index contributed by atoms with van der Waals surface area (Å²) in [5, 5.41) is 3.08. The van der Waals surface area contributed by atoms with Crippen molar-refractivity contribution < 1.29 is 8.78 Å². The van der Waals surface area contributed by atoms with E-state index in [1.165, 1.54) is 12.1 Å². The SMILES string of the molecule is CNCCCN(C)CCc1cc(F)ccc1F. The summed E-state index contributed by atoms with van der Waals surface area (Å²) in [4.78, 5) is 2.13. The molecule has 96 valence electrons. The van der Waals surface area contributed by atoms with Crippen molar-refractivity contribution in [2.75, 3.05) is 33.7 Å². The molecule has 1 rings (SSSR count). The van der Waals surface area contributed by atoms with E-state index in [0.29, 0.717) is 12.0 Å². The second kappa shape index (κ2) is 7.35. The Labute approximate surface area is 102 Å². The molecule has 0 heterocycles. The Morgan fingerprint density at radius 2 is 2.00 bits per heavy atom. The highest BCUT2D eigenvalue weighted by Crippen LogP contribution is 2.10. The highest BCUT2D eigenvalue weighted by Gasteiger charge is 2.05. The number of likely N-dealkylation sites (N-methyl/N-ethyl adjacent to an activating group) is 1. The van der Waals surface area contributed by atoms with Gasteiger partial charge in [0.15, 0.2) is 0 Å². The van der Waals surface area contributed by atoms with Gasteiger partial charge in [-0.2, -0.15) is 0 Å². The predicted molar refractivity (Wildman–Crippen MR) is 66.1 cm³/mol. The van der Waals surface area contributed by atoms with Crippen molar-refractivity contribution in [3.8, 4) is 0 Å². The monoisotopic (exact) mass is 242 g/mol. The molecule has 0 aliphatic rings. The van der Waals surface area contributed by atoms with Gasteiger partial charge < -0.3 is 10.2 Å². The summed E-state index contributed by atoms with van der Waals surface area (Å²) < 4.78 is 26.3. The van der Waals surface area contributed by atoms with Crippen molar-refractivity contribution in [1.82, 2.24) is 10.2 Å². The zero-order valence-corrected chi connectivity index (χ0v) is 10.5. The summed E-state index contributed by atoms with van der Waals surface area (Å²) in [5.41, 5.74) is 0.450. The van der Waals surface area contributed by atoms with Gasteiger partial charge in [0.25, 0.3) is 0 Å². The number of hydrogen-bond donors (Lipinski definition) is 1. The van der Waals surface area contributed by atoms with E-state index in [1.54, 1.807) is 0 Å². The molecule has 1 aromatic carbocycles. The van der Waals surface area contributed by atoms with Crippen LogP contribution in [0.4, 0.5) is 8.78 Å². The number of nitrogens with zero attached hydrogens (tertiary/aromatic N) is 1. The molecule has 2 nitrogen and oxygen atoms in total. The van der Waals surface area contributed by atoms with E-state index in [9.17, 15) is 8.78 Å². The molecule has 4 heteroatoms. The molecule has 0 spiro atoms. The largest absolute Gasteiger partial charge is 0.320 e. The molecule has 1 N–H and O–H groups in total. The fourth-order valence-corrected chi connectivity index (χ4v) is 1.68. The van der Waals surface area contributed by atoms with E-state index in [4.69, 9.17) is 0 Å². The maximum atomic E-state index is 13.3. The first-order chi connectivity index (χ1) is 8.13. The number of rotatable bonds is 7. The van der Waals surface area contributed by atoms with Gasteiger partial charge in [-0.3, -0.25) is 0 Å². The summed E-state index contributed by atoms with van der Waals surface area (Å²) in [6, 6.07) is 3.61. The first-order valence-electron chi connectivity index (χ1n) is 5.90. The van der Waals surface area contributed by atoms with Crippen molar-refractivity contribution in [2.24, 2.45) is 0 Å². The first kappa shape index (κ1) is 14.1. The normalized spacial score (nSPS) is 11.1. The Hall–Kier alpha value is -1.00. The molecular weight excluding hydrogens is 222 g/mol. The van der Waals surface area contributed by atoms with Gasteiger partial charge >= 0.3 is 0 Å². The second-order valence-electron chi connectivity index (χ2n) is 4.25. The van der Waals surface area contributed by atoms with Gasteiger partial charge in [0, 0.05) is 6.54 Å². The zero-order valence-electron chi connectivity index (χ0n) is 10.5. The third-order valence-electron chi connectivity index (χ3n) is 2.74. The van der Waals surface area contributed by atoms with Crippen LogP contribution >= 0.6 is 0 Å². The zero-order chi connectivity index (χ0) is 12.7. The highest BCUT2D eigenvalue weighted by atomic mass is 19.1. The van der Waals surface area contributed by atoms with Crippen LogP contribution in [-0.2, 0) is 6.42 Å². The molecule has 0 aromatic heterocycles. The van der Waals surface area contributed by atoms with E-state index in [1.807, 2.05) is 14.1 Å². The standard InChI is InChI=1S/C13H20F2N2/c1-16-7-3-8-17(2)9-6-11-10-12(14)4-5-13(11)15/h4-5,10,16H,3,6-9H2,1-2H3. The average Bonchev–Trinajstić information content (AvgIpc) is 2.31. The van der Waals surface area contributed by atoms with Crippen LogP contribution < -0.4 is 5.32 Å². The highest BCUT2D eigenvalue weighted by molar-refractivity contribution is 5.18. The minimum atomic E-state index is -0.376. The predicted octanol–water partition coefficient (Wildman–Crippen LogP) is 2.05. The Balaban J connectivity index is 2.36. The van der Waals surface area contributed by atoms with E-state index >= 15 is 0 Å². The smallest absolute Gasteiger partial charge is 0.126 e. The second-order valence-corrected chi connectivity index (χ2v) is 4.25. The van der Waals surface area contributed by atoms with Crippen molar-refractivity contribution >= 4 is 0 Å². The lowest BCUT2D eigenvalue weighted by molar-refractivity contribution is 0.330. The number of hydrogen-bond acceptors (Lipinski definition) is 2. The van der Waals surface area contributed by atoms with Gasteiger partial charge in [-0.05, 0) is 63.8 Å².